The van der Waals surface area contributed by atoms with E-state index in [1.165, 1.54) is 44.9 Å². The highest BCUT2D eigenvalue weighted by atomic mass is 16.5. The highest BCUT2D eigenvalue weighted by molar-refractivity contribution is 5.79. The lowest BCUT2D eigenvalue weighted by molar-refractivity contribution is -0.00254. The number of hydrogen-bond donors (Lipinski definition) is 2. The van der Waals surface area contributed by atoms with Crippen LogP contribution in [-0.4, -0.2) is 63.3 Å². The zero-order chi connectivity index (χ0) is 18.0. The molecule has 0 aromatic rings. The number of rotatable bonds is 9. The van der Waals surface area contributed by atoms with Gasteiger partial charge in [-0.15, -0.1) is 0 Å². The standard InChI is InChI=1S/C20H40N4O/c1-4-21-19(22-14-8-7-11-18-9-5-6-10-18)23-17-20(24(2)3)12-15-25-16-13-20/h18H,4-17H2,1-3H3,(H2,21,22,23). The molecule has 2 rings (SSSR count). The minimum Gasteiger partial charge on any atom is -0.381 e. The second-order valence-electron chi connectivity index (χ2n) is 8.00. The molecular formula is C20H40N4O. The van der Waals surface area contributed by atoms with Crippen molar-refractivity contribution in [1.29, 1.82) is 0 Å². The molecule has 2 N–H and O–H groups in total. The summed E-state index contributed by atoms with van der Waals surface area (Å²) in [6.07, 6.45) is 12.0. The third-order valence-corrected chi connectivity index (χ3v) is 6.05. The molecule has 0 spiro atoms. The Bertz CT molecular complexity index is 385. The van der Waals surface area contributed by atoms with Crippen LogP contribution in [0, 0.1) is 5.92 Å². The molecule has 5 heteroatoms. The lowest BCUT2D eigenvalue weighted by Crippen LogP contribution is -2.51. The predicted molar refractivity (Wildman–Crippen MR) is 106 cm³/mol. The maximum absolute atomic E-state index is 5.56. The summed E-state index contributed by atoms with van der Waals surface area (Å²) in [5.74, 6) is 1.98. The Morgan fingerprint density at radius 2 is 1.84 bits per heavy atom. The lowest BCUT2D eigenvalue weighted by Gasteiger charge is -2.41. The smallest absolute Gasteiger partial charge is 0.191 e. The average Bonchev–Trinajstić information content (AvgIpc) is 3.13. The first-order valence-corrected chi connectivity index (χ1v) is 10.4. The predicted octanol–water partition coefficient (Wildman–Crippen LogP) is 3.01. The summed E-state index contributed by atoms with van der Waals surface area (Å²) in [7, 11) is 4.34. The van der Waals surface area contributed by atoms with Crippen LogP contribution in [0.4, 0.5) is 0 Å². The number of nitrogens with one attached hydrogen (secondary N) is 2. The fourth-order valence-electron chi connectivity index (χ4n) is 4.13. The molecule has 1 saturated carbocycles. The minimum atomic E-state index is 0.142. The van der Waals surface area contributed by atoms with E-state index in [0.29, 0.717) is 0 Å². The van der Waals surface area contributed by atoms with E-state index in [-0.39, 0.29) is 5.54 Å². The van der Waals surface area contributed by atoms with E-state index >= 15 is 0 Å². The van der Waals surface area contributed by atoms with Crippen molar-refractivity contribution in [1.82, 2.24) is 15.5 Å². The Balaban J connectivity index is 1.74. The quantitative estimate of drug-likeness (QED) is 0.380. The molecule has 0 atom stereocenters. The van der Waals surface area contributed by atoms with Gasteiger partial charge in [0.15, 0.2) is 5.96 Å². The Kier molecular flexibility index (Phi) is 9.04. The highest BCUT2D eigenvalue weighted by Crippen LogP contribution is 2.29. The van der Waals surface area contributed by atoms with Crippen LogP contribution < -0.4 is 10.6 Å². The van der Waals surface area contributed by atoms with Gasteiger partial charge in [0, 0.05) is 31.8 Å². The Hall–Kier alpha value is -0.810. The van der Waals surface area contributed by atoms with Gasteiger partial charge in [-0.05, 0) is 46.2 Å². The molecule has 2 aliphatic rings. The van der Waals surface area contributed by atoms with Gasteiger partial charge >= 0.3 is 0 Å². The number of likely N-dealkylation sites (N-methyl/N-ethyl adjacent to an activating group) is 1. The van der Waals surface area contributed by atoms with Crippen molar-refractivity contribution < 1.29 is 4.74 Å². The van der Waals surface area contributed by atoms with Crippen LogP contribution in [0.1, 0.15) is 64.7 Å². The zero-order valence-corrected chi connectivity index (χ0v) is 16.8. The fraction of sp³-hybridized carbons (Fsp3) is 0.950. The number of aliphatic imine (C=N–C) groups is 1. The second kappa shape index (κ2) is 11.0. The van der Waals surface area contributed by atoms with Gasteiger partial charge in [-0.1, -0.05) is 38.5 Å². The Labute approximate surface area is 155 Å². The van der Waals surface area contributed by atoms with Gasteiger partial charge in [0.1, 0.15) is 0 Å². The van der Waals surface area contributed by atoms with E-state index in [4.69, 9.17) is 9.73 Å². The molecule has 0 aromatic heterocycles. The SMILES string of the molecule is CCNC(=NCC1(N(C)C)CCOCC1)NCCCCC1CCCC1. The molecule has 2 fully saturated rings. The number of unbranched alkanes of at least 4 members (excludes halogenated alkanes) is 1. The molecule has 0 aromatic carbocycles. The molecule has 0 unspecified atom stereocenters. The molecule has 0 bridgehead atoms. The molecule has 25 heavy (non-hydrogen) atoms. The summed E-state index contributed by atoms with van der Waals surface area (Å²) in [6.45, 7) is 6.59. The van der Waals surface area contributed by atoms with Gasteiger partial charge in [0.05, 0.1) is 6.54 Å². The minimum absolute atomic E-state index is 0.142. The summed E-state index contributed by atoms with van der Waals surface area (Å²) in [4.78, 5) is 7.24. The summed E-state index contributed by atoms with van der Waals surface area (Å²) in [5, 5.41) is 6.93. The topological polar surface area (TPSA) is 48.9 Å². The van der Waals surface area contributed by atoms with Crippen LogP contribution in [0.15, 0.2) is 4.99 Å². The van der Waals surface area contributed by atoms with E-state index in [0.717, 1.165) is 57.6 Å². The zero-order valence-electron chi connectivity index (χ0n) is 16.8. The maximum Gasteiger partial charge on any atom is 0.191 e. The van der Waals surface area contributed by atoms with Crippen molar-refractivity contribution in [2.45, 2.75) is 70.3 Å². The lowest BCUT2D eigenvalue weighted by atomic mass is 9.89. The molecule has 0 amide bonds. The van der Waals surface area contributed by atoms with Crippen molar-refractivity contribution >= 4 is 5.96 Å². The average molecular weight is 353 g/mol. The fourth-order valence-corrected chi connectivity index (χ4v) is 4.13. The van der Waals surface area contributed by atoms with Crippen LogP contribution >= 0.6 is 0 Å². The van der Waals surface area contributed by atoms with E-state index in [9.17, 15) is 0 Å². The molecule has 0 radical (unpaired) electrons. The summed E-state index contributed by atoms with van der Waals surface area (Å²) in [5.41, 5.74) is 0.142. The first kappa shape index (κ1) is 20.5. The number of nitrogens with zero attached hydrogens (tertiary/aromatic N) is 2. The van der Waals surface area contributed by atoms with Crippen LogP contribution in [0.2, 0.25) is 0 Å². The molecule has 1 heterocycles. The van der Waals surface area contributed by atoms with Gasteiger partial charge in [-0.3, -0.25) is 4.99 Å². The Morgan fingerprint density at radius 1 is 1.12 bits per heavy atom. The second-order valence-corrected chi connectivity index (χ2v) is 8.00. The van der Waals surface area contributed by atoms with Gasteiger partial charge in [0.25, 0.3) is 0 Å². The van der Waals surface area contributed by atoms with Crippen molar-refractivity contribution in [2.75, 3.05) is 46.9 Å². The molecule has 146 valence electrons. The summed E-state index contributed by atoms with van der Waals surface area (Å²) < 4.78 is 5.56. The third kappa shape index (κ3) is 6.78. The van der Waals surface area contributed by atoms with Gasteiger partial charge in [-0.2, -0.15) is 0 Å². The normalized spacial score (nSPS) is 21.7. The summed E-state index contributed by atoms with van der Waals surface area (Å²) in [6, 6.07) is 0. The largest absolute Gasteiger partial charge is 0.381 e. The van der Waals surface area contributed by atoms with Gasteiger partial charge in [-0.25, -0.2) is 0 Å². The molecule has 1 aliphatic carbocycles. The van der Waals surface area contributed by atoms with E-state index < -0.39 is 0 Å². The summed E-state index contributed by atoms with van der Waals surface area (Å²) >= 11 is 0. The third-order valence-electron chi connectivity index (χ3n) is 6.05. The van der Waals surface area contributed by atoms with Crippen LogP contribution in [0.25, 0.3) is 0 Å². The van der Waals surface area contributed by atoms with Crippen molar-refractivity contribution in [3.63, 3.8) is 0 Å². The van der Waals surface area contributed by atoms with Crippen LogP contribution in [0.3, 0.4) is 0 Å². The molecular weight excluding hydrogens is 312 g/mol. The first-order chi connectivity index (χ1) is 12.2. The van der Waals surface area contributed by atoms with Crippen molar-refractivity contribution in [2.24, 2.45) is 10.9 Å². The van der Waals surface area contributed by atoms with E-state index in [1.807, 2.05) is 0 Å². The van der Waals surface area contributed by atoms with Crippen molar-refractivity contribution in [3.05, 3.63) is 0 Å². The number of hydrogen-bond acceptors (Lipinski definition) is 3. The van der Waals surface area contributed by atoms with Gasteiger partial charge < -0.3 is 20.3 Å². The van der Waals surface area contributed by atoms with Crippen LogP contribution in [0.5, 0.6) is 0 Å². The molecule has 1 aliphatic heterocycles. The highest BCUT2D eigenvalue weighted by Gasteiger charge is 2.34. The number of guanidine groups is 1. The monoisotopic (exact) mass is 352 g/mol. The van der Waals surface area contributed by atoms with Gasteiger partial charge in [0.2, 0.25) is 0 Å². The molecule has 1 saturated heterocycles. The van der Waals surface area contributed by atoms with Crippen molar-refractivity contribution in [3.8, 4) is 0 Å². The number of ether oxygens (including phenoxy) is 1. The van der Waals surface area contributed by atoms with E-state index in [2.05, 4.69) is 36.6 Å². The maximum atomic E-state index is 5.56. The van der Waals surface area contributed by atoms with Crippen LogP contribution in [-0.2, 0) is 4.74 Å². The molecule has 5 nitrogen and oxygen atoms in total. The first-order valence-electron chi connectivity index (χ1n) is 10.4. The van der Waals surface area contributed by atoms with E-state index in [1.54, 1.807) is 0 Å². The Morgan fingerprint density at radius 3 is 2.48 bits per heavy atom.